The van der Waals surface area contributed by atoms with Gasteiger partial charge in [0.05, 0.1) is 30.5 Å². The predicted octanol–water partition coefficient (Wildman–Crippen LogP) is 2.94. The van der Waals surface area contributed by atoms with Gasteiger partial charge >= 0.3 is 11.9 Å². The highest BCUT2D eigenvalue weighted by atomic mass is 16.7. The van der Waals surface area contributed by atoms with Gasteiger partial charge in [-0.2, -0.15) is 0 Å². The molecular weight excluding hydrogens is 364 g/mol. The van der Waals surface area contributed by atoms with Crippen LogP contribution >= 0.6 is 0 Å². The van der Waals surface area contributed by atoms with Crippen LogP contribution in [0.3, 0.4) is 0 Å². The van der Waals surface area contributed by atoms with Crippen molar-refractivity contribution >= 4 is 11.9 Å². The Kier molecular flexibility index (Phi) is 5.12. The van der Waals surface area contributed by atoms with Crippen molar-refractivity contribution in [2.45, 2.75) is 32.2 Å². The Morgan fingerprint density at radius 3 is 2.96 bits per heavy atom. The van der Waals surface area contributed by atoms with Gasteiger partial charge < -0.3 is 23.4 Å². The predicted molar refractivity (Wildman–Crippen MR) is 96.8 cm³/mol. The van der Waals surface area contributed by atoms with Gasteiger partial charge in [-0.3, -0.25) is 9.59 Å². The van der Waals surface area contributed by atoms with E-state index in [4.69, 9.17) is 23.4 Å². The quantitative estimate of drug-likeness (QED) is 0.566. The highest BCUT2D eigenvalue weighted by Gasteiger charge is 2.53. The molecule has 3 heterocycles. The largest absolute Gasteiger partial charge is 0.472 e. The Morgan fingerprint density at radius 2 is 2.21 bits per heavy atom. The Hall–Kier alpha value is -2.38. The van der Waals surface area contributed by atoms with Crippen molar-refractivity contribution in [1.82, 2.24) is 0 Å². The number of furan rings is 1. The second kappa shape index (κ2) is 7.56. The molecule has 1 aromatic heterocycles. The van der Waals surface area contributed by atoms with E-state index >= 15 is 0 Å². The van der Waals surface area contributed by atoms with Gasteiger partial charge in [-0.05, 0) is 18.9 Å². The van der Waals surface area contributed by atoms with E-state index in [1.807, 2.05) is 31.2 Å². The number of hydrogen-bond acceptors (Lipinski definition) is 7. The Bertz CT molecular complexity index is 794. The molecule has 0 spiro atoms. The summed E-state index contributed by atoms with van der Waals surface area (Å²) >= 11 is 0. The number of fused-ring (bicyclic) bond motifs is 1. The number of cyclic esters (lactones) is 1. The molecule has 5 atom stereocenters. The lowest BCUT2D eigenvalue weighted by molar-refractivity contribution is -0.161. The molecule has 0 N–H and O–H groups in total. The zero-order valence-electron chi connectivity index (χ0n) is 16.0. The molecule has 150 valence electrons. The van der Waals surface area contributed by atoms with Crippen LogP contribution in [0.15, 0.2) is 46.8 Å². The summed E-state index contributed by atoms with van der Waals surface area (Å²) in [7, 11) is 1.55. The third-order valence-electron chi connectivity index (χ3n) is 5.78. The van der Waals surface area contributed by atoms with Gasteiger partial charge in [-0.1, -0.05) is 25.2 Å². The van der Waals surface area contributed by atoms with Gasteiger partial charge in [-0.25, -0.2) is 0 Å². The van der Waals surface area contributed by atoms with Crippen LogP contribution in [0, 0.1) is 17.3 Å². The van der Waals surface area contributed by atoms with E-state index in [1.54, 1.807) is 19.6 Å². The normalized spacial score (nSPS) is 34.5. The standard InChI is InChI=1S/C21H24O7/c1-21-8-3-4-15(17(21)19(23)27-12-21)18(22)26-11-14-5-6-16(28-20(14)24-2)13-7-9-25-10-13/h3,5,7-10,15-17,20H,4,6,11-12H2,1-2H3/t15?,16-,17?,20-,21?/m0/s1. The molecule has 2 aliphatic heterocycles. The fourth-order valence-corrected chi connectivity index (χ4v) is 4.22. The van der Waals surface area contributed by atoms with Crippen molar-refractivity contribution in [3.05, 3.63) is 48.0 Å². The van der Waals surface area contributed by atoms with Crippen molar-refractivity contribution in [2.75, 3.05) is 20.3 Å². The number of rotatable bonds is 5. The van der Waals surface area contributed by atoms with Crippen molar-refractivity contribution in [1.29, 1.82) is 0 Å². The number of esters is 2. The van der Waals surface area contributed by atoms with E-state index in [1.165, 1.54) is 0 Å². The highest BCUT2D eigenvalue weighted by Crippen LogP contribution is 2.45. The van der Waals surface area contributed by atoms with Crippen molar-refractivity contribution in [3.63, 3.8) is 0 Å². The molecule has 3 aliphatic rings. The summed E-state index contributed by atoms with van der Waals surface area (Å²) in [5.41, 5.74) is 1.24. The molecule has 4 rings (SSSR count). The van der Waals surface area contributed by atoms with Gasteiger partial charge in [0, 0.05) is 23.7 Å². The van der Waals surface area contributed by atoms with Crippen LogP contribution in [0.5, 0.6) is 0 Å². The van der Waals surface area contributed by atoms with Crippen LogP contribution in [-0.2, 0) is 28.5 Å². The van der Waals surface area contributed by atoms with Gasteiger partial charge in [0.15, 0.2) is 6.29 Å². The Morgan fingerprint density at radius 1 is 1.36 bits per heavy atom. The molecule has 1 aromatic rings. The van der Waals surface area contributed by atoms with E-state index in [0.717, 1.165) is 11.1 Å². The first-order valence-corrected chi connectivity index (χ1v) is 9.42. The molecule has 0 bridgehead atoms. The minimum Gasteiger partial charge on any atom is -0.472 e. The molecule has 28 heavy (non-hydrogen) atoms. The summed E-state index contributed by atoms with van der Waals surface area (Å²) in [6.07, 6.45) is 9.45. The van der Waals surface area contributed by atoms with E-state index in [-0.39, 0.29) is 18.7 Å². The van der Waals surface area contributed by atoms with Gasteiger partial charge in [-0.15, -0.1) is 0 Å². The smallest absolute Gasteiger partial charge is 0.310 e. The lowest BCUT2D eigenvalue weighted by Gasteiger charge is -2.33. The van der Waals surface area contributed by atoms with Crippen LogP contribution in [-0.4, -0.2) is 38.6 Å². The topological polar surface area (TPSA) is 84.2 Å². The highest BCUT2D eigenvalue weighted by molar-refractivity contribution is 5.85. The molecule has 3 unspecified atom stereocenters. The SMILES string of the molecule is CO[C@H]1O[C@H](c2ccoc2)CC=C1COC(=O)C1CC=CC2(C)COC(=O)C12. The summed E-state index contributed by atoms with van der Waals surface area (Å²) in [5.74, 6) is -1.75. The molecule has 7 heteroatoms. The van der Waals surface area contributed by atoms with Crippen LogP contribution in [0.1, 0.15) is 31.4 Å². The van der Waals surface area contributed by atoms with Gasteiger partial charge in [0.2, 0.25) is 0 Å². The van der Waals surface area contributed by atoms with E-state index in [2.05, 4.69) is 0 Å². The lowest BCUT2D eigenvalue weighted by atomic mass is 9.68. The summed E-state index contributed by atoms with van der Waals surface area (Å²) in [5, 5.41) is 0. The summed E-state index contributed by atoms with van der Waals surface area (Å²) in [6.45, 7) is 2.30. The van der Waals surface area contributed by atoms with Crippen LogP contribution in [0.2, 0.25) is 0 Å². The number of carbonyl (C=O) groups excluding carboxylic acids is 2. The average molecular weight is 388 g/mol. The number of methoxy groups -OCH3 is 1. The number of carbonyl (C=O) groups is 2. The molecule has 0 saturated carbocycles. The Balaban J connectivity index is 1.40. The first-order chi connectivity index (χ1) is 13.5. The second-order valence-electron chi connectivity index (χ2n) is 7.71. The van der Waals surface area contributed by atoms with Crippen LogP contribution < -0.4 is 0 Å². The van der Waals surface area contributed by atoms with Gasteiger partial charge in [0.25, 0.3) is 0 Å². The molecule has 1 fully saturated rings. The molecule has 1 saturated heterocycles. The average Bonchev–Trinajstić information content (AvgIpc) is 3.34. The van der Waals surface area contributed by atoms with Crippen LogP contribution in [0.4, 0.5) is 0 Å². The number of allylic oxidation sites excluding steroid dienone is 1. The van der Waals surface area contributed by atoms with E-state index in [0.29, 0.717) is 19.4 Å². The number of ether oxygens (including phenoxy) is 4. The molecular formula is C21H24O7. The zero-order chi connectivity index (χ0) is 19.7. The first kappa shape index (κ1) is 19.0. The maximum Gasteiger partial charge on any atom is 0.310 e. The van der Waals surface area contributed by atoms with E-state index < -0.39 is 29.5 Å². The van der Waals surface area contributed by atoms with Crippen LogP contribution in [0.25, 0.3) is 0 Å². The molecule has 0 aromatic carbocycles. The third kappa shape index (κ3) is 3.40. The van der Waals surface area contributed by atoms with Crippen molar-refractivity contribution < 1.29 is 33.0 Å². The summed E-state index contributed by atoms with van der Waals surface area (Å²) in [6, 6.07) is 1.85. The fourth-order valence-electron chi connectivity index (χ4n) is 4.22. The summed E-state index contributed by atoms with van der Waals surface area (Å²) < 4.78 is 27.2. The van der Waals surface area contributed by atoms with Crippen molar-refractivity contribution in [3.8, 4) is 0 Å². The molecule has 0 radical (unpaired) electrons. The fraction of sp³-hybridized carbons (Fsp3) is 0.524. The summed E-state index contributed by atoms with van der Waals surface area (Å²) in [4.78, 5) is 24.9. The van der Waals surface area contributed by atoms with E-state index in [9.17, 15) is 9.59 Å². The molecule has 0 amide bonds. The molecule has 7 nitrogen and oxygen atoms in total. The monoisotopic (exact) mass is 388 g/mol. The minimum absolute atomic E-state index is 0.0636. The lowest BCUT2D eigenvalue weighted by Crippen LogP contribution is -2.40. The second-order valence-corrected chi connectivity index (χ2v) is 7.71. The zero-order valence-corrected chi connectivity index (χ0v) is 16.0. The maximum absolute atomic E-state index is 12.7. The van der Waals surface area contributed by atoms with Gasteiger partial charge in [0.1, 0.15) is 13.2 Å². The first-order valence-electron chi connectivity index (χ1n) is 9.42. The van der Waals surface area contributed by atoms with Crippen molar-refractivity contribution in [2.24, 2.45) is 17.3 Å². The third-order valence-corrected chi connectivity index (χ3v) is 5.78. The number of hydrogen-bond donors (Lipinski definition) is 0. The minimum atomic E-state index is -0.602. The molecule has 1 aliphatic carbocycles. The Labute approximate surface area is 163 Å². The maximum atomic E-state index is 12.7.